The lowest BCUT2D eigenvalue weighted by molar-refractivity contribution is 0.0985. The number of nitrogens with zero attached hydrogens (tertiary/aromatic N) is 1. The summed E-state index contributed by atoms with van der Waals surface area (Å²) in [5, 5.41) is 0. The number of anilines is 2. The van der Waals surface area contributed by atoms with Gasteiger partial charge in [0.25, 0.3) is 5.91 Å². The Balaban J connectivity index is 0.00000225. The largest absolute Gasteiger partial charge is 0.493 e. The molecule has 0 spiro atoms. The maximum absolute atomic E-state index is 12.9. The van der Waals surface area contributed by atoms with E-state index in [2.05, 4.69) is 13.8 Å². The van der Waals surface area contributed by atoms with Crippen LogP contribution in [0.15, 0.2) is 42.5 Å². The minimum absolute atomic E-state index is 0. The first-order valence-electron chi connectivity index (χ1n) is 8.48. The third-order valence-electron chi connectivity index (χ3n) is 4.22. The molecule has 1 amide bonds. The minimum atomic E-state index is 0. The molecule has 0 bridgehead atoms. The lowest BCUT2D eigenvalue weighted by Gasteiger charge is -2.30. The van der Waals surface area contributed by atoms with E-state index in [1.54, 1.807) is 0 Å². The average Bonchev–Trinajstić information content (AvgIpc) is 2.60. The number of ether oxygens (including phenoxy) is 1. The molecule has 0 saturated carbocycles. The fourth-order valence-corrected chi connectivity index (χ4v) is 2.98. The highest BCUT2D eigenvalue weighted by Crippen LogP contribution is 2.32. The van der Waals surface area contributed by atoms with Crippen molar-refractivity contribution in [2.24, 2.45) is 5.92 Å². The number of hydrogen-bond acceptors (Lipinski definition) is 3. The van der Waals surface area contributed by atoms with Gasteiger partial charge in [-0.3, -0.25) is 4.79 Å². The third kappa shape index (κ3) is 4.26. The quantitative estimate of drug-likeness (QED) is 0.826. The van der Waals surface area contributed by atoms with Gasteiger partial charge in [0.15, 0.2) is 0 Å². The maximum atomic E-state index is 12.9. The number of benzene rings is 2. The van der Waals surface area contributed by atoms with Crippen LogP contribution >= 0.6 is 12.4 Å². The van der Waals surface area contributed by atoms with Gasteiger partial charge in [0.05, 0.1) is 6.61 Å². The number of rotatable bonds is 4. The van der Waals surface area contributed by atoms with Crippen LogP contribution in [0.4, 0.5) is 11.4 Å². The van der Waals surface area contributed by atoms with E-state index in [1.807, 2.05) is 47.4 Å². The van der Waals surface area contributed by atoms with Crippen molar-refractivity contribution >= 4 is 29.7 Å². The first-order valence-corrected chi connectivity index (χ1v) is 8.48. The van der Waals surface area contributed by atoms with Gasteiger partial charge in [-0.25, -0.2) is 0 Å². The lowest BCUT2D eigenvalue weighted by Crippen LogP contribution is -2.35. The Morgan fingerprint density at radius 1 is 1.20 bits per heavy atom. The van der Waals surface area contributed by atoms with Crippen LogP contribution in [0.2, 0.25) is 0 Å². The Morgan fingerprint density at radius 3 is 2.60 bits per heavy atom. The van der Waals surface area contributed by atoms with E-state index in [0.717, 1.165) is 42.1 Å². The van der Waals surface area contributed by atoms with E-state index in [0.29, 0.717) is 18.1 Å². The van der Waals surface area contributed by atoms with Crippen LogP contribution < -0.4 is 15.4 Å². The summed E-state index contributed by atoms with van der Waals surface area (Å²) in [5.41, 5.74) is 9.51. The Bertz CT molecular complexity index is 729. The molecule has 134 valence electrons. The SMILES string of the molecule is CC(C)COc1ccc(C(=O)N2CCCc3c(N)cccc32)cc1.Cl. The number of carbonyl (C=O) groups is 1. The average molecular weight is 361 g/mol. The summed E-state index contributed by atoms with van der Waals surface area (Å²) < 4.78 is 5.68. The topological polar surface area (TPSA) is 55.6 Å². The Labute approximate surface area is 155 Å². The normalized spacial score (nSPS) is 13.2. The van der Waals surface area contributed by atoms with Gasteiger partial charge in [-0.05, 0) is 60.7 Å². The smallest absolute Gasteiger partial charge is 0.258 e. The molecule has 2 aromatic rings. The fourth-order valence-electron chi connectivity index (χ4n) is 2.98. The highest BCUT2D eigenvalue weighted by atomic mass is 35.5. The standard InChI is InChI=1S/C20H24N2O2.ClH/c1-14(2)13-24-16-10-8-15(9-11-16)20(23)22-12-4-5-17-18(21)6-3-7-19(17)22;/h3,6-11,14H,4-5,12-13,21H2,1-2H3;1H. The molecule has 4 nitrogen and oxygen atoms in total. The monoisotopic (exact) mass is 360 g/mol. The summed E-state index contributed by atoms with van der Waals surface area (Å²) >= 11 is 0. The molecule has 0 radical (unpaired) electrons. The van der Waals surface area contributed by atoms with E-state index >= 15 is 0 Å². The van der Waals surface area contributed by atoms with E-state index < -0.39 is 0 Å². The van der Waals surface area contributed by atoms with Crippen molar-refractivity contribution in [1.29, 1.82) is 0 Å². The Hall–Kier alpha value is -2.20. The van der Waals surface area contributed by atoms with Crippen molar-refractivity contribution in [3.8, 4) is 5.75 Å². The molecule has 0 unspecified atom stereocenters. The number of halogens is 1. The minimum Gasteiger partial charge on any atom is -0.493 e. The van der Waals surface area contributed by atoms with Crippen LogP contribution in [0.5, 0.6) is 5.75 Å². The Kier molecular flexibility index (Phi) is 6.32. The van der Waals surface area contributed by atoms with Crippen molar-refractivity contribution in [3.63, 3.8) is 0 Å². The lowest BCUT2D eigenvalue weighted by atomic mass is 9.99. The molecule has 5 heteroatoms. The van der Waals surface area contributed by atoms with Gasteiger partial charge in [-0.1, -0.05) is 19.9 Å². The van der Waals surface area contributed by atoms with Gasteiger partial charge in [0.1, 0.15) is 5.75 Å². The summed E-state index contributed by atoms with van der Waals surface area (Å²) in [4.78, 5) is 14.7. The first-order chi connectivity index (χ1) is 11.6. The van der Waals surface area contributed by atoms with Crippen LogP contribution in [0, 0.1) is 5.92 Å². The molecule has 25 heavy (non-hydrogen) atoms. The predicted octanol–water partition coefficient (Wildman–Crippen LogP) is 4.32. The molecule has 2 N–H and O–H groups in total. The van der Waals surface area contributed by atoms with Crippen LogP contribution in [-0.4, -0.2) is 19.1 Å². The molecule has 0 saturated heterocycles. The van der Waals surface area contributed by atoms with E-state index in [-0.39, 0.29) is 18.3 Å². The molecular formula is C20H25ClN2O2. The van der Waals surface area contributed by atoms with Crippen LogP contribution in [-0.2, 0) is 6.42 Å². The first kappa shape index (κ1) is 19.1. The summed E-state index contributed by atoms with van der Waals surface area (Å²) in [5.74, 6) is 1.28. The molecular weight excluding hydrogens is 336 g/mol. The molecule has 0 aromatic heterocycles. The van der Waals surface area contributed by atoms with Crippen LogP contribution in [0.1, 0.15) is 36.2 Å². The Morgan fingerprint density at radius 2 is 1.92 bits per heavy atom. The second kappa shape index (κ2) is 8.26. The molecule has 0 aliphatic carbocycles. The predicted molar refractivity (Wildman–Crippen MR) is 105 cm³/mol. The molecule has 3 rings (SSSR count). The van der Waals surface area contributed by atoms with E-state index in [9.17, 15) is 4.79 Å². The summed E-state index contributed by atoms with van der Waals surface area (Å²) in [6, 6.07) is 13.2. The van der Waals surface area contributed by atoms with Gasteiger partial charge in [-0.15, -0.1) is 12.4 Å². The van der Waals surface area contributed by atoms with Crippen LogP contribution in [0.3, 0.4) is 0 Å². The van der Waals surface area contributed by atoms with Gasteiger partial charge < -0.3 is 15.4 Å². The van der Waals surface area contributed by atoms with Crippen molar-refractivity contribution in [2.45, 2.75) is 26.7 Å². The van der Waals surface area contributed by atoms with Gasteiger partial charge in [-0.2, -0.15) is 0 Å². The van der Waals surface area contributed by atoms with Gasteiger partial charge in [0, 0.05) is 23.5 Å². The number of nitrogen functional groups attached to an aromatic ring is 1. The molecule has 1 heterocycles. The van der Waals surface area contributed by atoms with Crippen molar-refractivity contribution < 1.29 is 9.53 Å². The highest BCUT2D eigenvalue weighted by Gasteiger charge is 2.24. The number of nitrogens with two attached hydrogens (primary N) is 1. The summed E-state index contributed by atoms with van der Waals surface area (Å²) in [7, 11) is 0. The van der Waals surface area contributed by atoms with Crippen LogP contribution in [0.25, 0.3) is 0 Å². The highest BCUT2D eigenvalue weighted by molar-refractivity contribution is 6.07. The zero-order valence-corrected chi connectivity index (χ0v) is 15.5. The second-order valence-corrected chi connectivity index (χ2v) is 6.63. The second-order valence-electron chi connectivity index (χ2n) is 6.63. The molecule has 1 aliphatic heterocycles. The van der Waals surface area contributed by atoms with Gasteiger partial charge in [0.2, 0.25) is 0 Å². The third-order valence-corrected chi connectivity index (χ3v) is 4.22. The number of amides is 1. The van der Waals surface area contributed by atoms with Crippen molar-refractivity contribution in [2.75, 3.05) is 23.8 Å². The van der Waals surface area contributed by atoms with Gasteiger partial charge >= 0.3 is 0 Å². The van der Waals surface area contributed by atoms with Crippen molar-refractivity contribution in [1.82, 2.24) is 0 Å². The summed E-state index contributed by atoms with van der Waals surface area (Å²) in [6.45, 7) is 5.61. The zero-order chi connectivity index (χ0) is 17.1. The summed E-state index contributed by atoms with van der Waals surface area (Å²) in [6.07, 6.45) is 1.86. The van der Waals surface area contributed by atoms with E-state index in [1.165, 1.54) is 0 Å². The number of hydrogen-bond donors (Lipinski definition) is 1. The van der Waals surface area contributed by atoms with E-state index in [4.69, 9.17) is 10.5 Å². The maximum Gasteiger partial charge on any atom is 0.258 e. The number of fused-ring (bicyclic) bond motifs is 1. The number of carbonyl (C=O) groups excluding carboxylic acids is 1. The zero-order valence-electron chi connectivity index (χ0n) is 14.7. The molecule has 2 aromatic carbocycles. The molecule has 0 fully saturated rings. The van der Waals surface area contributed by atoms with Crippen molar-refractivity contribution in [3.05, 3.63) is 53.6 Å². The molecule has 0 atom stereocenters. The fraction of sp³-hybridized carbons (Fsp3) is 0.350. The molecule has 1 aliphatic rings.